The number of hydrogen-bond donors (Lipinski definition) is 1. The summed E-state index contributed by atoms with van der Waals surface area (Å²) in [4.78, 5) is 27.8. The largest absolute Gasteiger partial charge is 0.484 e. The molecule has 1 saturated carbocycles. The Kier molecular flexibility index (Phi) is 9.00. The highest BCUT2D eigenvalue weighted by Gasteiger charge is 2.28. The molecule has 0 radical (unpaired) electrons. The molecule has 0 aliphatic heterocycles. The predicted octanol–water partition coefficient (Wildman–Crippen LogP) is 5.66. The molecule has 0 aromatic heterocycles. The summed E-state index contributed by atoms with van der Waals surface area (Å²) in [5.74, 6) is 0.202. The zero-order chi connectivity index (χ0) is 23.1. The van der Waals surface area contributed by atoms with E-state index < -0.39 is 6.04 Å². The van der Waals surface area contributed by atoms with Gasteiger partial charge in [-0.3, -0.25) is 9.59 Å². The van der Waals surface area contributed by atoms with E-state index in [4.69, 9.17) is 16.3 Å². The van der Waals surface area contributed by atoms with Crippen LogP contribution in [0.4, 0.5) is 0 Å². The van der Waals surface area contributed by atoms with Gasteiger partial charge in [-0.2, -0.15) is 0 Å². The maximum atomic E-state index is 13.2. The van der Waals surface area contributed by atoms with Crippen LogP contribution in [0.25, 0.3) is 0 Å². The van der Waals surface area contributed by atoms with E-state index in [1.54, 1.807) is 30.0 Å². The lowest BCUT2D eigenvalue weighted by Gasteiger charge is -2.31. The smallest absolute Gasteiger partial charge is 0.261 e. The normalized spacial score (nSPS) is 15.1. The van der Waals surface area contributed by atoms with Gasteiger partial charge < -0.3 is 15.0 Å². The second-order valence-electron chi connectivity index (χ2n) is 8.37. The third-order valence-electron chi connectivity index (χ3n) is 5.85. The zero-order valence-electron chi connectivity index (χ0n) is 18.6. The monoisotopic (exact) mass is 520 g/mol. The molecule has 0 bridgehead atoms. The van der Waals surface area contributed by atoms with E-state index >= 15 is 0 Å². The highest BCUT2D eigenvalue weighted by atomic mass is 79.9. The highest BCUT2D eigenvalue weighted by molar-refractivity contribution is 9.10. The van der Waals surface area contributed by atoms with Crippen molar-refractivity contribution in [1.29, 1.82) is 0 Å². The van der Waals surface area contributed by atoms with Gasteiger partial charge in [-0.15, -0.1) is 0 Å². The van der Waals surface area contributed by atoms with Crippen molar-refractivity contribution < 1.29 is 14.3 Å². The molecule has 5 nitrogen and oxygen atoms in total. The van der Waals surface area contributed by atoms with Crippen LogP contribution >= 0.6 is 27.5 Å². The van der Waals surface area contributed by atoms with E-state index in [-0.39, 0.29) is 24.5 Å². The predicted molar refractivity (Wildman–Crippen MR) is 131 cm³/mol. The van der Waals surface area contributed by atoms with Crippen LogP contribution in [0, 0.1) is 6.92 Å². The van der Waals surface area contributed by atoms with Crippen molar-refractivity contribution in [2.24, 2.45) is 0 Å². The molecule has 0 spiro atoms. The fourth-order valence-electron chi connectivity index (χ4n) is 3.92. The van der Waals surface area contributed by atoms with E-state index in [1.165, 1.54) is 6.42 Å². The summed E-state index contributed by atoms with van der Waals surface area (Å²) in [5, 5.41) is 3.79. The summed E-state index contributed by atoms with van der Waals surface area (Å²) >= 11 is 9.55. The van der Waals surface area contributed by atoms with Crippen molar-refractivity contribution in [3.63, 3.8) is 0 Å². The zero-order valence-corrected chi connectivity index (χ0v) is 20.9. The van der Waals surface area contributed by atoms with Gasteiger partial charge in [0.15, 0.2) is 6.61 Å². The van der Waals surface area contributed by atoms with Crippen LogP contribution in [0.15, 0.2) is 46.9 Å². The number of nitrogens with one attached hydrogen (secondary N) is 1. The van der Waals surface area contributed by atoms with E-state index in [0.717, 1.165) is 41.3 Å². The fraction of sp³-hybridized carbons (Fsp3) is 0.440. The lowest BCUT2D eigenvalue weighted by molar-refractivity contribution is -0.142. The minimum absolute atomic E-state index is 0.123. The molecule has 2 amide bonds. The highest BCUT2D eigenvalue weighted by Crippen LogP contribution is 2.22. The van der Waals surface area contributed by atoms with Crippen molar-refractivity contribution in [1.82, 2.24) is 10.2 Å². The van der Waals surface area contributed by atoms with Crippen LogP contribution in [0.1, 0.15) is 50.2 Å². The molecule has 7 heteroatoms. The molecule has 0 heterocycles. The molecule has 1 atom stereocenters. The summed E-state index contributed by atoms with van der Waals surface area (Å²) in [6.45, 7) is 3.82. The van der Waals surface area contributed by atoms with Crippen molar-refractivity contribution in [2.75, 3.05) is 6.61 Å². The molecule has 0 unspecified atom stereocenters. The molecule has 2 aromatic carbocycles. The first-order valence-corrected chi connectivity index (χ1v) is 12.2. The average molecular weight is 522 g/mol. The Morgan fingerprint density at radius 3 is 2.62 bits per heavy atom. The number of ether oxygens (including phenoxy) is 1. The van der Waals surface area contributed by atoms with Gasteiger partial charge in [-0.1, -0.05) is 58.9 Å². The lowest BCUT2D eigenvalue weighted by atomic mass is 9.95. The second-order valence-corrected chi connectivity index (χ2v) is 9.69. The third kappa shape index (κ3) is 6.97. The Balaban J connectivity index is 1.71. The summed E-state index contributed by atoms with van der Waals surface area (Å²) in [5.41, 5.74) is 1.82. The molecule has 32 heavy (non-hydrogen) atoms. The van der Waals surface area contributed by atoms with Crippen LogP contribution in [-0.2, 0) is 16.1 Å². The van der Waals surface area contributed by atoms with Gasteiger partial charge in [0.2, 0.25) is 5.91 Å². The number of carbonyl (C=O) groups excluding carboxylic acids is 2. The molecule has 172 valence electrons. The number of rotatable bonds is 8. The fourth-order valence-corrected chi connectivity index (χ4v) is 4.48. The Hall–Kier alpha value is -2.05. The Bertz CT molecular complexity index is 947. The van der Waals surface area contributed by atoms with Crippen molar-refractivity contribution in [3.05, 3.63) is 63.1 Å². The number of amides is 2. The molecule has 0 saturated heterocycles. The van der Waals surface area contributed by atoms with Gasteiger partial charge in [0.1, 0.15) is 11.8 Å². The Labute approximate surface area is 203 Å². The molecular weight excluding hydrogens is 492 g/mol. The third-order valence-corrected chi connectivity index (χ3v) is 6.77. The van der Waals surface area contributed by atoms with Gasteiger partial charge in [-0.25, -0.2) is 0 Å². The number of carbonyl (C=O) groups is 2. The van der Waals surface area contributed by atoms with Gasteiger partial charge >= 0.3 is 0 Å². The Morgan fingerprint density at radius 2 is 1.94 bits per heavy atom. The number of benzene rings is 2. The van der Waals surface area contributed by atoms with Crippen LogP contribution in [0.5, 0.6) is 5.75 Å². The number of halogens is 2. The van der Waals surface area contributed by atoms with E-state index in [9.17, 15) is 9.59 Å². The number of hydrogen-bond acceptors (Lipinski definition) is 3. The minimum Gasteiger partial charge on any atom is -0.484 e. The van der Waals surface area contributed by atoms with Crippen LogP contribution < -0.4 is 10.1 Å². The van der Waals surface area contributed by atoms with Crippen molar-refractivity contribution in [2.45, 2.75) is 64.6 Å². The SMILES string of the molecule is Cc1cc(OCC(=O)N(Cc2cccc(Br)c2)[C@H](C)C(=O)NC2CCCCC2)ccc1Cl. The van der Waals surface area contributed by atoms with Gasteiger partial charge in [0.05, 0.1) is 0 Å². The van der Waals surface area contributed by atoms with Crippen LogP contribution in [0.3, 0.4) is 0 Å². The molecule has 1 N–H and O–H groups in total. The van der Waals surface area contributed by atoms with Crippen molar-refractivity contribution >= 4 is 39.3 Å². The first-order valence-electron chi connectivity index (χ1n) is 11.1. The summed E-state index contributed by atoms with van der Waals surface area (Å²) < 4.78 is 6.66. The topological polar surface area (TPSA) is 58.6 Å². The van der Waals surface area contributed by atoms with Gasteiger partial charge in [-0.05, 0) is 68.1 Å². The summed E-state index contributed by atoms with van der Waals surface area (Å²) in [6.07, 6.45) is 5.48. The average Bonchev–Trinajstić information content (AvgIpc) is 2.78. The molecule has 1 aliphatic rings. The quantitative estimate of drug-likeness (QED) is 0.488. The van der Waals surface area contributed by atoms with E-state index in [1.807, 2.05) is 31.2 Å². The summed E-state index contributed by atoms with van der Waals surface area (Å²) in [6, 6.07) is 12.6. The molecule has 1 fully saturated rings. The van der Waals surface area contributed by atoms with Crippen LogP contribution in [-0.4, -0.2) is 35.4 Å². The molecular formula is C25H30BrClN2O3. The Morgan fingerprint density at radius 1 is 1.19 bits per heavy atom. The number of aryl methyl sites for hydroxylation is 1. The van der Waals surface area contributed by atoms with E-state index in [2.05, 4.69) is 21.2 Å². The maximum Gasteiger partial charge on any atom is 0.261 e. The second kappa shape index (κ2) is 11.7. The van der Waals surface area contributed by atoms with E-state index in [0.29, 0.717) is 17.3 Å². The van der Waals surface area contributed by atoms with Crippen LogP contribution in [0.2, 0.25) is 5.02 Å². The first-order chi connectivity index (χ1) is 15.3. The number of nitrogens with zero attached hydrogens (tertiary/aromatic N) is 1. The molecule has 2 aromatic rings. The maximum absolute atomic E-state index is 13.2. The molecule has 1 aliphatic carbocycles. The van der Waals surface area contributed by atoms with Crippen molar-refractivity contribution in [3.8, 4) is 5.75 Å². The first kappa shape index (κ1) is 24.6. The summed E-state index contributed by atoms with van der Waals surface area (Å²) in [7, 11) is 0. The van der Waals surface area contributed by atoms with Gasteiger partial charge in [0, 0.05) is 22.1 Å². The minimum atomic E-state index is -0.612. The standard InChI is InChI=1S/C25H30BrClN2O3/c1-17-13-22(11-12-23(17)27)32-16-24(30)29(15-19-7-6-8-20(26)14-19)18(2)25(31)28-21-9-4-3-5-10-21/h6-8,11-14,18,21H,3-5,9-10,15-16H2,1-2H3,(H,28,31)/t18-/m1/s1. The van der Waals surface area contributed by atoms with Gasteiger partial charge in [0.25, 0.3) is 5.91 Å². The lowest BCUT2D eigenvalue weighted by Crippen LogP contribution is -2.51. The molecule has 3 rings (SSSR count).